The second kappa shape index (κ2) is 6.59. The number of anilines is 1. The molecule has 1 aliphatic rings. The third kappa shape index (κ3) is 3.89. The molecule has 1 fully saturated rings. The van der Waals surface area contributed by atoms with Crippen molar-refractivity contribution in [3.63, 3.8) is 0 Å². The Morgan fingerprint density at radius 2 is 2.16 bits per heavy atom. The number of halogens is 2. The highest BCUT2D eigenvalue weighted by Crippen LogP contribution is 2.26. The zero-order chi connectivity index (χ0) is 18.2. The lowest BCUT2D eigenvalue weighted by Crippen LogP contribution is -2.36. The summed E-state index contributed by atoms with van der Waals surface area (Å²) in [5.41, 5.74) is -0.124. The molecule has 0 unspecified atom stereocenters. The summed E-state index contributed by atoms with van der Waals surface area (Å²) in [6, 6.07) is 2.87. The minimum absolute atomic E-state index is 0.0427. The van der Waals surface area contributed by atoms with Crippen LogP contribution >= 0.6 is 11.6 Å². The van der Waals surface area contributed by atoms with Gasteiger partial charge in [0.25, 0.3) is 0 Å². The maximum absolute atomic E-state index is 14.4. The molecule has 2 atom stereocenters. The van der Waals surface area contributed by atoms with Crippen molar-refractivity contribution in [1.29, 1.82) is 0 Å². The molecule has 1 amide bonds. The van der Waals surface area contributed by atoms with Crippen molar-refractivity contribution in [2.75, 3.05) is 18.4 Å². The third-order valence-corrected chi connectivity index (χ3v) is 3.99. The van der Waals surface area contributed by atoms with Gasteiger partial charge in [0, 0.05) is 18.1 Å². The zero-order valence-corrected chi connectivity index (χ0v) is 14.9. The number of carbonyl (C=O) groups is 1. The molecule has 0 bridgehead atoms. The molecule has 0 spiro atoms. The molecule has 2 aromatic rings. The van der Waals surface area contributed by atoms with Crippen molar-refractivity contribution < 1.29 is 13.9 Å². The number of rotatable bonds is 2. The van der Waals surface area contributed by atoms with Crippen molar-refractivity contribution in [3.05, 3.63) is 23.5 Å². The van der Waals surface area contributed by atoms with Crippen molar-refractivity contribution in [1.82, 2.24) is 20.1 Å². The molecule has 0 aliphatic carbocycles. The molecule has 1 aliphatic heterocycles. The lowest BCUT2D eigenvalue weighted by Gasteiger charge is -2.24. The summed E-state index contributed by atoms with van der Waals surface area (Å²) in [5.74, 6) is 0.332. The summed E-state index contributed by atoms with van der Waals surface area (Å²) in [6.07, 6.45) is -0.200. The van der Waals surface area contributed by atoms with Crippen LogP contribution in [-0.4, -0.2) is 57.1 Å². The van der Waals surface area contributed by atoms with Gasteiger partial charge in [0.2, 0.25) is 0 Å². The molecule has 0 radical (unpaired) electrons. The predicted molar refractivity (Wildman–Crippen MR) is 92.5 cm³/mol. The highest BCUT2D eigenvalue weighted by molar-refractivity contribution is 6.34. The number of ether oxygens (including phenoxy) is 1. The quantitative estimate of drug-likeness (QED) is 0.878. The van der Waals surface area contributed by atoms with Crippen molar-refractivity contribution in [3.8, 4) is 0 Å². The van der Waals surface area contributed by atoms with E-state index in [1.54, 1.807) is 39.1 Å². The van der Waals surface area contributed by atoms with E-state index in [1.807, 2.05) is 0 Å². The average Bonchev–Trinajstić information content (AvgIpc) is 2.90. The number of pyridine rings is 1. The largest absolute Gasteiger partial charge is 0.444 e. The van der Waals surface area contributed by atoms with Crippen LogP contribution in [0.25, 0.3) is 10.9 Å². The van der Waals surface area contributed by atoms with Crippen LogP contribution in [0.2, 0.25) is 5.15 Å². The topological polar surface area (TPSA) is 80.2 Å². The number of aromatic nitrogens is 3. The van der Waals surface area contributed by atoms with Crippen LogP contribution in [0.1, 0.15) is 20.8 Å². The van der Waals surface area contributed by atoms with E-state index in [-0.39, 0.29) is 18.2 Å². The van der Waals surface area contributed by atoms with Crippen LogP contribution in [0, 0.1) is 0 Å². The summed E-state index contributed by atoms with van der Waals surface area (Å²) in [4.78, 5) is 17.7. The fraction of sp³-hybridized carbons (Fsp3) is 0.500. The van der Waals surface area contributed by atoms with Crippen molar-refractivity contribution >= 4 is 34.4 Å². The first-order chi connectivity index (χ1) is 11.7. The van der Waals surface area contributed by atoms with Gasteiger partial charge < -0.3 is 15.0 Å². The molecule has 1 N–H and O–H groups in total. The van der Waals surface area contributed by atoms with Gasteiger partial charge in [0.15, 0.2) is 11.0 Å². The van der Waals surface area contributed by atoms with Gasteiger partial charge in [-0.2, -0.15) is 0 Å². The van der Waals surface area contributed by atoms with Crippen molar-refractivity contribution in [2.24, 2.45) is 0 Å². The molecular formula is C16H19ClFN5O2. The third-order valence-electron chi connectivity index (χ3n) is 3.71. The first-order valence-corrected chi connectivity index (χ1v) is 8.28. The van der Waals surface area contributed by atoms with Crippen LogP contribution in [0.4, 0.5) is 15.0 Å². The number of alkyl halides is 1. The second-order valence-electron chi connectivity index (χ2n) is 6.89. The van der Waals surface area contributed by atoms with E-state index in [4.69, 9.17) is 16.3 Å². The summed E-state index contributed by atoms with van der Waals surface area (Å²) in [5, 5.41) is 11.7. The van der Waals surface area contributed by atoms with E-state index in [1.165, 1.54) is 4.90 Å². The Morgan fingerprint density at radius 1 is 1.40 bits per heavy atom. The lowest BCUT2D eigenvalue weighted by molar-refractivity contribution is 0.0283. The van der Waals surface area contributed by atoms with Gasteiger partial charge in [-0.15, -0.1) is 10.2 Å². The van der Waals surface area contributed by atoms with Gasteiger partial charge in [0.05, 0.1) is 12.6 Å². The molecular weight excluding hydrogens is 349 g/mol. The Bertz CT molecular complexity index is 798. The van der Waals surface area contributed by atoms with Crippen LogP contribution in [0.3, 0.4) is 0 Å². The second-order valence-corrected chi connectivity index (χ2v) is 7.25. The number of likely N-dealkylation sites (tertiary alicyclic amines) is 1. The molecule has 1 saturated heterocycles. The molecule has 9 heteroatoms. The zero-order valence-electron chi connectivity index (χ0n) is 14.2. The predicted octanol–water partition coefficient (Wildman–Crippen LogP) is 3.05. The molecule has 25 heavy (non-hydrogen) atoms. The van der Waals surface area contributed by atoms with E-state index >= 15 is 0 Å². The average molecular weight is 368 g/mol. The van der Waals surface area contributed by atoms with Gasteiger partial charge in [-0.25, -0.2) is 9.18 Å². The lowest BCUT2D eigenvalue weighted by atomic mass is 10.2. The maximum atomic E-state index is 14.4. The number of hydrogen-bond acceptors (Lipinski definition) is 6. The molecule has 2 aromatic heterocycles. The van der Waals surface area contributed by atoms with Crippen LogP contribution in [0.5, 0.6) is 0 Å². The SMILES string of the molecule is CC(C)(C)OC(=O)N1C[C@H](F)[C@H](Nc2nnc(Cl)c3cccnc23)C1. The fourth-order valence-electron chi connectivity index (χ4n) is 2.60. The number of nitrogens with one attached hydrogen (secondary N) is 1. The van der Waals surface area contributed by atoms with Gasteiger partial charge in [0.1, 0.15) is 17.3 Å². The Labute approximate surface area is 149 Å². The van der Waals surface area contributed by atoms with E-state index in [2.05, 4.69) is 20.5 Å². The highest BCUT2D eigenvalue weighted by atomic mass is 35.5. The maximum Gasteiger partial charge on any atom is 0.410 e. The first-order valence-electron chi connectivity index (χ1n) is 7.90. The van der Waals surface area contributed by atoms with Crippen LogP contribution < -0.4 is 5.32 Å². The summed E-state index contributed by atoms with van der Waals surface area (Å²) in [7, 11) is 0. The molecule has 3 rings (SSSR count). The minimum Gasteiger partial charge on any atom is -0.444 e. The first kappa shape index (κ1) is 17.6. The Morgan fingerprint density at radius 3 is 2.88 bits per heavy atom. The standard InChI is InChI=1S/C16H19ClFN5O2/c1-16(2,3)25-15(24)23-7-10(18)11(8-23)20-14-12-9(5-4-6-19-12)13(17)21-22-14/h4-6,10-11H,7-8H2,1-3H3,(H,20,22)/t10-,11+/m0/s1. The van der Waals surface area contributed by atoms with Crippen LogP contribution in [-0.2, 0) is 4.74 Å². The Balaban J connectivity index is 1.76. The van der Waals surface area contributed by atoms with E-state index < -0.39 is 23.9 Å². The summed E-state index contributed by atoms with van der Waals surface area (Å²) >= 11 is 6.02. The Kier molecular flexibility index (Phi) is 4.64. The van der Waals surface area contributed by atoms with Crippen LogP contribution in [0.15, 0.2) is 18.3 Å². The number of carbonyl (C=O) groups excluding carboxylic acids is 1. The van der Waals surface area contributed by atoms with E-state index in [0.29, 0.717) is 16.7 Å². The van der Waals surface area contributed by atoms with Crippen molar-refractivity contribution in [2.45, 2.75) is 38.6 Å². The van der Waals surface area contributed by atoms with Gasteiger partial charge in [-0.3, -0.25) is 4.98 Å². The number of nitrogens with zero attached hydrogens (tertiary/aromatic N) is 4. The summed E-state index contributed by atoms with van der Waals surface area (Å²) in [6.45, 7) is 5.42. The summed E-state index contributed by atoms with van der Waals surface area (Å²) < 4.78 is 19.7. The molecule has 7 nitrogen and oxygen atoms in total. The smallest absolute Gasteiger partial charge is 0.410 e. The van der Waals surface area contributed by atoms with E-state index in [9.17, 15) is 9.18 Å². The normalized spacial score (nSPS) is 20.8. The van der Waals surface area contributed by atoms with Gasteiger partial charge >= 0.3 is 6.09 Å². The molecule has 134 valence electrons. The fourth-order valence-corrected chi connectivity index (χ4v) is 2.79. The number of hydrogen-bond donors (Lipinski definition) is 1. The number of fused-ring (bicyclic) bond motifs is 1. The Hall–Kier alpha value is -2.22. The van der Waals surface area contributed by atoms with E-state index in [0.717, 1.165) is 0 Å². The minimum atomic E-state index is -1.26. The number of amides is 1. The molecule has 3 heterocycles. The molecule has 0 saturated carbocycles. The highest BCUT2D eigenvalue weighted by Gasteiger charge is 2.38. The van der Waals surface area contributed by atoms with Gasteiger partial charge in [-0.1, -0.05) is 11.6 Å². The van der Waals surface area contributed by atoms with Gasteiger partial charge in [-0.05, 0) is 32.9 Å². The molecule has 0 aromatic carbocycles. The monoisotopic (exact) mass is 367 g/mol.